The highest BCUT2D eigenvalue weighted by atomic mass is 17.0. The maximum atomic E-state index is 6.26. The molecule has 1 saturated heterocycles. The average Bonchev–Trinajstić information content (AvgIpc) is 2.41. The lowest BCUT2D eigenvalue weighted by molar-refractivity contribution is -0.564. The van der Waals surface area contributed by atoms with Gasteiger partial charge < -0.3 is 4.74 Å². The summed E-state index contributed by atoms with van der Waals surface area (Å²) in [6, 6.07) is 8.19. The third-order valence-corrected chi connectivity index (χ3v) is 4.37. The van der Waals surface area contributed by atoms with Crippen LogP contribution in [0.3, 0.4) is 0 Å². The molecule has 1 aromatic rings. The Kier molecular flexibility index (Phi) is 3.46. The minimum absolute atomic E-state index is 0.360. The van der Waals surface area contributed by atoms with Crippen molar-refractivity contribution in [3.63, 3.8) is 0 Å². The summed E-state index contributed by atoms with van der Waals surface area (Å²) in [5.41, 5.74) is 0.649. The molecule has 1 spiro atoms. The van der Waals surface area contributed by atoms with E-state index in [1.807, 2.05) is 53.7 Å². The average molecular weight is 306 g/mol. The van der Waals surface area contributed by atoms with Crippen LogP contribution in [0.4, 0.5) is 0 Å². The molecule has 0 atom stereocenters. The number of hydrogen-bond acceptors (Lipinski definition) is 4. The third-order valence-electron chi connectivity index (χ3n) is 4.37. The van der Waals surface area contributed by atoms with Crippen LogP contribution >= 0.6 is 0 Å². The van der Waals surface area contributed by atoms with E-state index in [4.69, 9.17) is 18.9 Å². The SMILES string of the molecule is CC1(C)CCOC2(O1)OC(C)(C)c1ccccc1C(C)(C)O2. The van der Waals surface area contributed by atoms with Crippen LogP contribution in [0.5, 0.6) is 0 Å². The maximum Gasteiger partial charge on any atom is 0.414 e. The van der Waals surface area contributed by atoms with Gasteiger partial charge in [-0.1, -0.05) is 24.3 Å². The van der Waals surface area contributed by atoms with Crippen molar-refractivity contribution in [3.8, 4) is 0 Å². The van der Waals surface area contributed by atoms with Gasteiger partial charge in [0.25, 0.3) is 0 Å². The molecule has 2 heterocycles. The number of fused-ring (bicyclic) bond motifs is 1. The number of hydrogen-bond donors (Lipinski definition) is 0. The monoisotopic (exact) mass is 306 g/mol. The van der Waals surface area contributed by atoms with Crippen LogP contribution < -0.4 is 0 Å². The topological polar surface area (TPSA) is 36.9 Å². The molecule has 4 nitrogen and oxygen atoms in total. The molecular formula is C18H26O4. The van der Waals surface area contributed by atoms with Crippen molar-refractivity contribution >= 4 is 0 Å². The van der Waals surface area contributed by atoms with Crippen molar-refractivity contribution in [1.29, 1.82) is 0 Å². The quantitative estimate of drug-likeness (QED) is 0.725. The summed E-state index contributed by atoms with van der Waals surface area (Å²) in [7, 11) is 0. The molecule has 22 heavy (non-hydrogen) atoms. The Morgan fingerprint density at radius 3 is 1.73 bits per heavy atom. The van der Waals surface area contributed by atoms with Gasteiger partial charge in [-0.15, -0.1) is 0 Å². The molecule has 0 amide bonds. The van der Waals surface area contributed by atoms with E-state index < -0.39 is 17.4 Å². The second kappa shape index (κ2) is 4.78. The van der Waals surface area contributed by atoms with Gasteiger partial charge >= 0.3 is 6.16 Å². The van der Waals surface area contributed by atoms with Crippen molar-refractivity contribution in [2.45, 2.75) is 70.9 Å². The van der Waals surface area contributed by atoms with E-state index in [-0.39, 0.29) is 5.60 Å². The first-order valence-corrected chi connectivity index (χ1v) is 7.90. The highest BCUT2D eigenvalue weighted by molar-refractivity contribution is 5.36. The predicted octanol–water partition coefficient (Wildman–Crippen LogP) is 4.03. The van der Waals surface area contributed by atoms with E-state index in [1.54, 1.807) is 0 Å². The molecule has 0 N–H and O–H groups in total. The molecule has 2 aliphatic heterocycles. The zero-order valence-electron chi connectivity index (χ0n) is 14.4. The number of rotatable bonds is 0. The van der Waals surface area contributed by atoms with Gasteiger partial charge in [-0.25, -0.2) is 0 Å². The van der Waals surface area contributed by atoms with Gasteiger partial charge in [0.1, 0.15) is 0 Å². The second-order valence-electron chi connectivity index (χ2n) is 7.73. The molecule has 0 bridgehead atoms. The summed E-state index contributed by atoms with van der Waals surface area (Å²) in [6.07, 6.45) is -0.678. The van der Waals surface area contributed by atoms with E-state index in [2.05, 4.69) is 12.1 Å². The molecule has 0 aromatic heterocycles. The molecule has 0 aliphatic carbocycles. The van der Waals surface area contributed by atoms with Gasteiger partial charge in [0.2, 0.25) is 0 Å². The minimum atomic E-state index is -1.48. The zero-order valence-corrected chi connectivity index (χ0v) is 14.4. The number of ether oxygens (including phenoxy) is 4. The van der Waals surface area contributed by atoms with Crippen LogP contribution in [0, 0.1) is 0 Å². The Bertz CT molecular complexity index is 537. The normalized spacial score (nSPS) is 27.9. The fraction of sp³-hybridized carbons (Fsp3) is 0.667. The largest absolute Gasteiger partial charge is 0.414 e. The third kappa shape index (κ3) is 2.69. The van der Waals surface area contributed by atoms with Crippen LogP contribution in [0.1, 0.15) is 59.1 Å². The molecular weight excluding hydrogens is 280 g/mol. The Morgan fingerprint density at radius 2 is 1.27 bits per heavy atom. The first-order valence-electron chi connectivity index (χ1n) is 7.90. The molecule has 1 aromatic carbocycles. The molecule has 0 unspecified atom stereocenters. The van der Waals surface area contributed by atoms with E-state index in [9.17, 15) is 0 Å². The fourth-order valence-corrected chi connectivity index (χ4v) is 3.23. The highest BCUT2D eigenvalue weighted by Crippen LogP contribution is 2.48. The molecule has 0 radical (unpaired) electrons. The number of benzene rings is 1. The van der Waals surface area contributed by atoms with Gasteiger partial charge in [0, 0.05) is 0 Å². The summed E-state index contributed by atoms with van der Waals surface area (Å²) in [5, 5.41) is 0. The van der Waals surface area contributed by atoms with Gasteiger partial charge in [-0.3, -0.25) is 14.2 Å². The molecule has 2 aliphatic rings. The first-order chi connectivity index (χ1) is 10.1. The van der Waals surface area contributed by atoms with Crippen molar-refractivity contribution in [1.82, 2.24) is 0 Å². The van der Waals surface area contributed by atoms with Crippen LogP contribution in [0.25, 0.3) is 0 Å². The van der Waals surface area contributed by atoms with Crippen LogP contribution in [0.2, 0.25) is 0 Å². The summed E-state index contributed by atoms with van der Waals surface area (Å²) in [5.74, 6) is 0. The lowest BCUT2D eigenvalue weighted by atomic mass is 9.86. The molecule has 0 saturated carbocycles. The zero-order chi connectivity index (χ0) is 16.2. The van der Waals surface area contributed by atoms with Gasteiger partial charge in [-0.2, -0.15) is 0 Å². The lowest BCUT2D eigenvalue weighted by Crippen LogP contribution is -2.56. The van der Waals surface area contributed by atoms with E-state index in [1.165, 1.54) is 0 Å². The van der Waals surface area contributed by atoms with Crippen LogP contribution in [-0.4, -0.2) is 18.4 Å². The first kappa shape index (κ1) is 15.9. The van der Waals surface area contributed by atoms with Crippen molar-refractivity contribution in [2.75, 3.05) is 6.61 Å². The summed E-state index contributed by atoms with van der Waals surface area (Å²) in [4.78, 5) is 0. The molecule has 1 fully saturated rings. The van der Waals surface area contributed by atoms with Crippen molar-refractivity contribution < 1.29 is 18.9 Å². The Labute approximate surface area is 132 Å². The highest BCUT2D eigenvalue weighted by Gasteiger charge is 2.55. The van der Waals surface area contributed by atoms with Crippen LogP contribution in [-0.2, 0) is 30.1 Å². The van der Waals surface area contributed by atoms with Gasteiger partial charge in [0.05, 0.1) is 23.4 Å². The summed E-state index contributed by atoms with van der Waals surface area (Å²) in [6.45, 7) is 12.7. The Balaban J connectivity index is 2.10. The van der Waals surface area contributed by atoms with Crippen molar-refractivity contribution in [2.24, 2.45) is 0 Å². The standard InChI is InChI=1S/C18H26O4/c1-15(2)11-12-19-18(20-15)21-16(3,4)13-9-7-8-10-14(13)17(5,6)22-18/h7-10H,11-12H2,1-6H3. The van der Waals surface area contributed by atoms with Gasteiger partial charge in [-0.05, 0) is 59.1 Å². The van der Waals surface area contributed by atoms with Crippen molar-refractivity contribution in [3.05, 3.63) is 35.4 Å². The van der Waals surface area contributed by atoms with E-state index in [0.29, 0.717) is 6.61 Å². The maximum absolute atomic E-state index is 6.26. The predicted molar refractivity (Wildman–Crippen MR) is 83.1 cm³/mol. The Hall–Kier alpha value is -0.940. The molecule has 3 rings (SSSR count). The molecule has 4 heteroatoms. The van der Waals surface area contributed by atoms with E-state index >= 15 is 0 Å². The lowest BCUT2D eigenvalue weighted by Gasteiger charge is -2.46. The van der Waals surface area contributed by atoms with E-state index in [0.717, 1.165) is 17.5 Å². The summed E-state index contributed by atoms with van der Waals surface area (Å²) < 4.78 is 24.5. The Morgan fingerprint density at radius 1 is 0.773 bits per heavy atom. The second-order valence-corrected chi connectivity index (χ2v) is 7.73. The minimum Gasteiger partial charge on any atom is -0.303 e. The smallest absolute Gasteiger partial charge is 0.303 e. The fourth-order valence-electron chi connectivity index (χ4n) is 3.23. The van der Waals surface area contributed by atoms with Crippen LogP contribution in [0.15, 0.2) is 24.3 Å². The summed E-state index contributed by atoms with van der Waals surface area (Å²) >= 11 is 0. The molecule has 122 valence electrons. The van der Waals surface area contributed by atoms with Gasteiger partial charge in [0.15, 0.2) is 0 Å².